The number of nitrogens with zero attached hydrogens (tertiary/aromatic N) is 3. The fourth-order valence-corrected chi connectivity index (χ4v) is 2.95. The number of H-pyrrole nitrogens is 1. The summed E-state index contributed by atoms with van der Waals surface area (Å²) in [5.74, 6) is 1.57. The van der Waals surface area contributed by atoms with Gasteiger partial charge in [-0.25, -0.2) is 9.77 Å². The van der Waals surface area contributed by atoms with E-state index in [9.17, 15) is 0 Å². The molecule has 0 bridgehead atoms. The van der Waals surface area contributed by atoms with Crippen LogP contribution in [0, 0.1) is 4.77 Å². The maximum absolute atomic E-state index is 5.83. The van der Waals surface area contributed by atoms with Gasteiger partial charge in [0.1, 0.15) is 5.75 Å². The predicted molar refractivity (Wildman–Crippen MR) is 104 cm³/mol. The van der Waals surface area contributed by atoms with Gasteiger partial charge in [0, 0.05) is 28.0 Å². The maximum Gasteiger partial charge on any atom is 0.214 e. The summed E-state index contributed by atoms with van der Waals surface area (Å²) in [6, 6.07) is 9.75. The highest BCUT2D eigenvalue weighted by Gasteiger charge is 2.10. The van der Waals surface area contributed by atoms with Gasteiger partial charge in [0.15, 0.2) is 5.82 Å². The van der Waals surface area contributed by atoms with Crippen molar-refractivity contribution in [3.63, 3.8) is 0 Å². The fraction of sp³-hybridized carbons (Fsp3) is 0.235. The Kier molecular flexibility index (Phi) is 5.83. The number of rotatable bonds is 7. The number of aromatic nitrogens is 4. The van der Waals surface area contributed by atoms with Crippen LogP contribution < -0.4 is 10.2 Å². The van der Waals surface area contributed by atoms with Crippen LogP contribution in [0.15, 0.2) is 47.2 Å². The zero-order chi connectivity index (χ0) is 17.6. The second-order valence-electron chi connectivity index (χ2n) is 5.36. The van der Waals surface area contributed by atoms with Crippen molar-refractivity contribution in [2.24, 2.45) is 0 Å². The molecule has 0 saturated heterocycles. The average molecular weight is 420 g/mol. The van der Waals surface area contributed by atoms with E-state index in [1.165, 1.54) is 0 Å². The van der Waals surface area contributed by atoms with Crippen LogP contribution in [0.3, 0.4) is 0 Å². The molecule has 0 amide bonds. The summed E-state index contributed by atoms with van der Waals surface area (Å²) in [6.45, 7) is 3.31. The summed E-state index contributed by atoms with van der Waals surface area (Å²) in [5.41, 5.74) is 5.27. The Labute approximate surface area is 159 Å². The normalized spacial score (nSPS) is 10.6. The molecular formula is C17H18BrN5OS. The highest BCUT2D eigenvalue weighted by atomic mass is 79.9. The molecule has 130 valence electrons. The summed E-state index contributed by atoms with van der Waals surface area (Å²) in [7, 11) is 0. The Hall–Kier alpha value is -2.19. The van der Waals surface area contributed by atoms with Crippen LogP contribution in [0.4, 0.5) is 0 Å². The van der Waals surface area contributed by atoms with Gasteiger partial charge < -0.3 is 10.2 Å². The first kappa shape index (κ1) is 17.6. The van der Waals surface area contributed by atoms with Gasteiger partial charge >= 0.3 is 0 Å². The Bertz CT molecular complexity index is 894. The third kappa shape index (κ3) is 4.26. The van der Waals surface area contributed by atoms with Gasteiger partial charge in [0.25, 0.3) is 0 Å². The molecule has 0 fully saturated rings. The SMILES string of the molecule is CCCOc1ccc(Br)cc1CNn1c(-c2ccncc2)n[nH]c1=S. The Morgan fingerprint density at radius 1 is 1.28 bits per heavy atom. The van der Waals surface area contributed by atoms with E-state index in [1.807, 2.05) is 30.3 Å². The van der Waals surface area contributed by atoms with E-state index in [0.29, 0.717) is 23.7 Å². The predicted octanol–water partition coefficient (Wildman–Crippen LogP) is 4.30. The summed E-state index contributed by atoms with van der Waals surface area (Å²) < 4.78 is 9.08. The molecule has 2 N–H and O–H groups in total. The standard InChI is InChI=1S/C17H18BrN5OS/c1-2-9-24-15-4-3-14(18)10-13(15)11-20-23-16(21-22-17(23)25)12-5-7-19-8-6-12/h3-8,10,20H,2,9,11H2,1H3,(H,22,25). The van der Waals surface area contributed by atoms with Crippen molar-refractivity contribution in [2.75, 3.05) is 12.0 Å². The molecule has 6 nitrogen and oxygen atoms in total. The van der Waals surface area contributed by atoms with Crippen molar-refractivity contribution in [3.8, 4) is 17.1 Å². The number of nitrogens with one attached hydrogen (secondary N) is 2. The van der Waals surface area contributed by atoms with Gasteiger partial charge in [-0.1, -0.05) is 22.9 Å². The second-order valence-corrected chi connectivity index (χ2v) is 6.66. The molecule has 2 aromatic heterocycles. The monoisotopic (exact) mass is 419 g/mol. The summed E-state index contributed by atoms with van der Waals surface area (Å²) >= 11 is 8.86. The molecule has 0 unspecified atom stereocenters. The average Bonchev–Trinajstić information content (AvgIpc) is 3.00. The fourth-order valence-electron chi connectivity index (χ4n) is 2.34. The van der Waals surface area contributed by atoms with Crippen molar-refractivity contribution in [1.29, 1.82) is 0 Å². The topological polar surface area (TPSA) is 67.8 Å². The van der Waals surface area contributed by atoms with E-state index in [4.69, 9.17) is 17.0 Å². The zero-order valence-electron chi connectivity index (χ0n) is 13.7. The maximum atomic E-state index is 5.83. The number of benzene rings is 1. The molecule has 0 aliphatic carbocycles. The third-order valence-corrected chi connectivity index (χ3v) is 4.29. The Morgan fingerprint density at radius 2 is 2.08 bits per heavy atom. The van der Waals surface area contributed by atoms with Gasteiger partial charge in [-0.3, -0.25) is 4.98 Å². The molecule has 0 atom stereocenters. The van der Waals surface area contributed by atoms with Crippen LogP contribution in [0.5, 0.6) is 5.75 Å². The van der Waals surface area contributed by atoms with Gasteiger partial charge in [0.05, 0.1) is 13.2 Å². The quantitative estimate of drug-likeness (QED) is 0.558. The Balaban J connectivity index is 1.84. The first-order valence-corrected chi connectivity index (χ1v) is 9.12. The number of ether oxygens (including phenoxy) is 1. The Morgan fingerprint density at radius 3 is 2.84 bits per heavy atom. The zero-order valence-corrected chi connectivity index (χ0v) is 16.1. The smallest absolute Gasteiger partial charge is 0.214 e. The minimum Gasteiger partial charge on any atom is -0.493 e. The van der Waals surface area contributed by atoms with E-state index in [1.54, 1.807) is 17.1 Å². The molecule has 0 spiro atoms. The first-order valence-electron chi connectivity index (χ1n) is 7.92. The third-order valence-electron chi connectivity index (χ3n) is 3.52. The molecule has 3 rings (SSSR count). The highest BCUT2D eigenvalue weighted by molar-refractivity contribution is 9.10. The molecule has 3 aromatic rings. The van der Waals surface area contributed by atoms with Crippen molar-refractivity contribution in [3.05, 3.63) is 57.5 Å². The van der Waals surface area contributed by atoms with Crippen molar-refractivity contribution < 1.29 is 4.74 Å². The molecular weight excluding hydrogens is 402 g/mol. The molecule has 25 heavy (non-hydrogen) atoms. The molecule has 1 aromatic carbocycles. The second kappa shape index (κ2) is 8.26. The van der Waals surface area contributed by atoms with Crippen LogP contribution >= 0.6 is 28.1 Å². The van der Waals surface area contributed by atoms with Crippen molar-refractivity contribution >= 4 is 28.1 Å². The van der Waals surface area contributed by atoms with E-state index in [0.717, 1.165) is 27.8 Å². The summed E-state index contributed by atoms with van der Waals surface area (Å²) in [6.07, 6.45) is 4.41. The van der Waals surface area contributed by atoms with E-state index in [-0.39, 0.29) is 0 Å². The first-order chi connectivity index (χ1) is 12.2. The van der Waals surface area contributed by atoms with Crippen molar-refractivity contribution in [1.82, 2.24) is 19.9 Å². The van der Waals surface area contributed by atoms with Crippen LogP contribution in [0.2, 0.25) is 0 Å². The molecule has 8 heteroatoms. The van der Waals surface area contributed by atoms with Crippen LogP contribution in [-0.2, 0) is 6.54 Å². The lowest BCUT2D eigenvalue weighted by Gasteiger charge is -2.14. The van der Waals surface area contributed by atoms with Crippen molar-refractivity contribution in [2.45, 2.75) is 19.9 Å². The number of pyridine rings is 1. The van der Waals surface area contributed by atoms with Gasteiger partial charge in [-0.05, 0) is 49.0 Å². The number of aromatic amines is 1. The molecule has 2 heterocycles. The van der Waals surface area contributed by atoms with Crippen LogP contribution in [0.1, 0.15) is 18.9 Å². The minimum atomic E-state index is 0.498. The highest BCUT2D eigenvalue weighted by Crippen LogP contribution is 2.24. The number of halogens is 1. The molecule has 0 aliphatic heterocycles. The molecule has 0 saturated carbocycles. The van der Waals surface area contributed by atoms with E-state index in [2.05, 4.69) is 43.5 Å². The molecule has 0 radical (unpaired) electrons. The molecule has 0 aliphatic rings. The summed E-state index contributed by atoms with van der Waals surface area (Å²) in [4.78, 5) is 4.04. The number of hydrogen-bond donors (Lipinski definition) is 2. The largest absolute Gasteiger partial charge is 0.493 e. The van der Waals surface area contributed by atoms with Gasteiger partial charge in [-0.2, -0.15) is 5.10 Å². The lowest BCUT2D eigenvalue weighted by molar-refractivity contribution is 0.314. The van der Waals surface area contributed by atoms with Crippen LogP contribution in [-0.4, -0.2) is 26.5 Å². The number of hydrogen-bond acceptors (Lipinski definition) is 5. The van der Waals surface area contributed by atoms with Crippen LogP contribution in [0.25, 0.3) is 11.4 Å². The van der Waals surface area contributed by atoms with Gasteiger partial charge in [0.2, 0.25) is 4.77 Å². The minimum absolute atomic E-state index is 0.498. The van der Waals surface area contributed by atoms with E-state index >= 15 is 0 Å². The lowest BCUT2D eigenvalue weighted by Crippen LogP contribution is -2.16. The lowest BCUT2D eigenvalue weighted by atomic mass is 10.2. The summed E-state index contributed by atoms with van der Waals surface area (Å²) in [5, 5.41) is 7.13. The van der Waals surface area contributed by atoms with Gasteiger partial charge in [-0.15, -0.1) is 0 Å². The van der Waals surface area contributed by atoms with E-state index < -0.39 is 0 Å².